The van der Waals surface area contributed by atoms with Gasteiger partial charge in [-0.25, -0.2) is 0 Å². The number of carbonyl (C=O) groups is 1. The molecule has 0 saturated carbocycles. The van der Waals surface area contributed by atoms with E-state index in [1.54, 1.807) is 18.5 Å². The molecule has 0 aliphatic rings. The molecule has 2 N–H and O–H groups in total. The van der Waals surface area contributed by atoms with Crippen molar-refractivity contribution in [2.75, 3.05) is 5.73 Å². The fourth-order valence-electron chi connectivity index (χ4n) is 0.698. The molecule has 1 rings (SSSR count). The zero-order valence-electron chi connectivity index (χ0n) is 6.45. The molecule has 1 aromatic heterocycles. The van der Waals surface area contributed by atoms with Gasteiger partial charge in [-0.3, -0.25) is 4.98 Å². The summed E-state index contributed by atoms with van der Waals surface area (Å²) in [6.07, 6.45) is 4.15. The minimum atomic E-state index is 0.230. The fourth-order valence-corrected chi connectivity index (χ4v) is 0.698. The van der Waals surface area contributed by atoms with Crippen LogP contribution < -0.4 is 5.73 Å². The van der Waals surface area contributed by atoms with Crippen molar-refractivity contribution in [3.8, 4) is 11.8 Å². The monoisotopic (exact) mass is 160 g/mol. The Bertz CT molecular complexity index is 336. The van der Waals surface area contributed by atoms with E-state index in [0.29, 0.717) is 11.3 Å². The van der Waals surface area contributed by atoms with Crippen molar-refractivity contribution in [3.05, 3.63) is 24.0 Å². The predicted molar refractivity (Wildman–Crippen MR) is 46.2 cm³/mol. The van der Waals surface area contributed by atoms with Gasteiger partial charge in [0.05, 0.1) is 17.7 Å². The van der Waals surface area contributed by atoms with Crippen LogP contribution in [0, 0.1) is 11.8 Å². The van der Waals surface area contributed by atoms with Crippen LogP contribution in [-0.4, -0.2) is 11.3 Å². The average molecular weight is 160 g/mol. The molecule has 1 heterocycles. The molecule has 0 aliphatic carbocycles. The summed E-state index contributed by atoms with van der Waals surface area (Å²) in [6, 6.07) is 1.67. The number of pyridine rings is 1. The Morgan fingerprint density at radius 1 is 1.67 bits per heavy atom. The Hall–Kier alpha value is -1.82. The first-order chi connectivity index (χ1) is 5.84. The van der Waals surface area contributed by atoms with Crippen LogP contribution in [0.25, 0.3) is 0 Å². The van der Waals surface area contributed by atoms with E-state index >= 15 is 0 Å². The van der Waals surface area contributed by atoms with Crippen molar-refractivity contribution in [1.82, 2.24) is 4.98 Å². The smallest absolute Gasteiger partial charge is 0.131 e. The Labute approximate surface area is 70.6 Å². The van der Waals surface area contributed by atoms with Crippen molar-refractivity contribution in [2.45, 2.75) is 6.42 Å². The quantitative estimate of drug-likeness (QED) is 0.483. The van der Waals surface area contributed by atoms with Gasteiger partial charge in [-0.1, -0.05) is 11.8 Å². The van der Waals surface area contributed by atoms with Crippen LogP contribution in [0.1, 0.15) is 12.0 Å². The molecule has 0 atom stereocenters. The second-order valence-corrected chi connectivity index (χ2v) is 2.14. The number of aromatic nitrogens is 1. The van der Waals surface area contributed by atoms with Crippen molar-refractivity contribution in [2.24, 2.45) is 0 Å². The molecule has 3 heteroatoms. The van der Waals surface area contributed by atoms with E-state index in [4.69, 9.17) is 5.73 Å². The Balaban J connectivity index is 2.84. The van der Waals surface area contributed by atoms with Gasteiger partial charge in [0, 0.05) is 12.4 Å². The van der Waals surface area contributed by atoms with Gasteiger partial charge in [-0.2, -0.15) is 0 Å². The highest BCUT2D eigenvalue weighted by Gasteiger charge is 1.90. The Morgan fingerprint density at radius 2 is 2.50 bits per heavy atom. The normalized spacial score (nSPS) is 8.33. The molecule has 0 fully saturated rings. The zero-order chi connectivity index (χ0) is 8.81. The van der Waals surface area contributed by atoms with Crippen molar-refractivity contribution in [3.63, 3.8) is 0 Å². The van der Waals surface area contributed by atoms with Crippen LogP contribution >= 0.6 is 0 Å². The fraction of sp³-hybridized carbons (Fsp3) is 0.111. The van der Waals surface area contributed by atoms with Gasteiger partial charge in [0.15, 0.2) is 0 Å². The van der Waals surface area contributed by atoms with Crippen LogP contribution in [0.2, 0.25) is 0 Å². The summed E-state index contributed by atoms with van der Waals surface area (Å²) in [5.74, 6) is 5.40. The van der Waals surface area contributed by atoms with Crippen molar-refractivity contribution < 1.29 is 4.79 Å². The summed E-state index contributed by atoms with van der Waals surface area (Å²) >= 11 is 0. The summed E-state index contributed by atoms with van der Waals surface area (Å²) in [6.45, 7) is 0. The third-order valence-corrected chi connectivity index (χ3v) is 1.26. The van der Waals surface area contributed by atoms with Gasteiger partial charge >= 0.3 is 0 Å². The van der Waals surface area contributed by atoms with E-state index in [-0.39, 0.29) is 6.42 Å². The number of nitrogens with two attached hydrogens (primary N) is 1. The van der Waals surface area contributed by atoms with Gasteiger partial charge in [-0.15, -0.1) is 0 Å². The van der Waals surface area contributed by atoms with Gasteiger partial charge in [0.25, 0.3) is 0 Å². The number of aldehydes is 1. The molecule has 0 aliphatic heterocycles. The van der Waals surface area contributed by atoms with Crippen LogP contribution in [-0.2, 0) is 4.79 Å². The van der Waals surface area contributed by atoms with E-state index in [0.717, 1.165) is 6.29 Å². The number of anilines is 1. The summed E-state index contributed by atoms with van der Waals surface area (Å²) in [7, 11) is 0. The highest BCUT2D eigenvalue weighted by atomic mass is 16.1. The molecule has 0 spiro atoms. The molecular weight excluding hydrogens is 152 g/mol. The van der Waals surface area contributed by atoms with Gasteiger partial charge < -0.3 is 10.5 Å². The minimum absolute atomic E-state index is 0.230. The van der Waals surface area contributed by atoms with Gasteiger partial charge in [0.2, 0.25) is 0 Å². The lowest BCUT2D eigenvalue weighted by Crippen LogP contribution is -1.90. The molecule has 0 amide bonds. The lowest BCUT2D eigenvalue weighted by Gasteiger charge is -1.93. The van der Waals surface area contributed by atoms with Crippen LogP contribution in [0.5, 0.6) is 0 Å². The average Bonchev–Trinajstić information content (AvgIpc) is 2.09. The maximum atomic E-state index is 9.93. The first kappa shape index (κ1) is 8.28. The molecule has 0 aromatic carbocycles. The second kappa shape index (κ2) is 4.14. The molecule has 60 valence electrons. The molecule has 3 nitrogen and oxygen atoms in total. The van der Waals surface area contributed by atoms with Gasteiger partial charge in [-0.05, 0) is 6.07 Å². The summed E-state index contributed by atoms with van der Waals surface area (Å²) < 4.78 is 0. The summed E-state index contributed by atoms with van der Waals surface area (Å²) in [5, 5.41) is 0. The van der Waals surface area contributed by atoms with Crippen LogP contribution in [0.4, 0.5) is 5.69 Å². The predicted octanol–water partition coefficient (Wildman–Crippen LogP) is 0.604. The molecule has 0 radical (unpaired) electrons. The number of hydrogen-bond acceptors (Lipinski definition) is 3. The Kier molecular flexibility index (Phi) is 2.86. The molecule has 12 heavy (non-hydrogen) atoms. The highest BCUT2D eigenvalue weighted by Crippen LogP contribution is 2.05. The number of rotatable bonds is 1. The first-order valence-corrected chi connectivity index (χ1v) is 3.46. The zero-order valence-corrected chi connectivity index (χ0v) is 6.45. The number of hydrogen-bond donors (Lipinski definition) is 1. The van der Waals surface area contributed by atoms with Crippen molar-refractivity contribution >= 4 is 12.0 Å². The lowest BCUT2D eigenvalue weighted by molar-refractivity contribution is -0.107. The summed E-state index contributed by atoms with van der Waals surface area (Å²) in [4.78, 5) is 13.8. The number of carbonyl (C=O) groups excluding carboxylic acids is 1. The SMILES string of the molecule is Nc1ccncc1C#CCC=O. The molecule has 0 saturated heterocycles. The number of nitrogens with zero attached hydrogens (tertiary/aromatic N) is 1. The third kappa shape index (κ3) is 2.10. The van der Waals surface area contributed by atoms with Crippen LogP contribution in [0.3, 0.4) is 0 Å². The topological polar surface area (TPSA) is 56.0 Å². The van der Waals surface area contributed by atoms with E-state index in [9.17, 15) is 4.79 Å². The largest absolute Gasteiger partial charge is 0.398 e. The molecular formula is C9H8N2O. The lowest BCUT2D eigenvalue weighted by atomic mass is 10.2. The molecule has 0 bridgehead atoms. The third-order valence-electron chi connectivity index (χ3n) is 1.26. The van der Waals surface area contributed by atoms with Crippen LogP contribution in [0.15, 0.2) is 18.5 Å². The maximum absolute atomic E-state index is 9.93. The standard InChI is InChI=1S/C9H8N2O/c10-9-4-5-11-7-8(9)3-1-2-6-12/h4-7H,2H2,(H2,10,11). The van der Waals surface area contributed by atoms with E-state index < -0.39 is 0 Å². The van der Waals surface area contributed by atoms with E-state index in [2.05, 4.69) is 16.8 Å². The van der Waals surface area contributed by atoms with E-state index in [1.165, 1.54) is 0 Å². The first-order valence-electron chi connectivity index (χ1n) is 3.46. The molecule has 1 aromatic rings. The maximum Gasteiger partial charge on any atom is 0.131 e. The Morgan fingerprint density at radius 3 is 3.17 bits per heavy atom. The minimum Gasteiger partial charge on any atom is -0.398 e. The molecule has 0 unspecified atom stereocenters. The van der Waals surface area contributed by atoms with Crippen molar-refractivity contribution in [1.29, 1.82) is 0 Å². The number of nitrogen functional groups attached to an aromatic ring is 1. The second-order valence-electron chi connectivity index (χ2n) is 2.14. The highest BCUT2D eigenvalue weighted by molar-refractivity contribution is 5.58. The van der Waals surface area contributed by atoms with Gasteiger partial charge in [0.1, 0.15) is 6.29 Å². The van der Waals surface area contributed by atoms with E-state index in [1.807, 2.05) is 0 Å². The summed E-state index contributed by atoms with van der Waals surface area (Å²) in [5.41, 5.74) is 6.82.